The molecule has 5 heteroatoms. The molecule has 0 fully saturated rings. The number of primary amides is 1. The number of carbonyl (C=O) groups is 1. The fraction of sp³-hybridized carbons (Fsp3) is 0.833. The Kier molecular flexibility index (Phi) is 5.45. The third-order valence-corrected chi connectivity index (χ3v) is 2.14. The molecule has 0 saturated heterocycles. The van der Waals surface area contributed by atoms with Gasteiger partial charge in [-0.25, -0.2) is 0 Å². The van der Waals surface area contributed by atoms with E-state index >= 15 is 0 Å². The zero-order chi connectivity index (χ0) is 13.7. The summed E-state index contributed by atoms with van der Waals surface area (Å²) >= 11 is 0. The van der Waals surface area contributed by atoms with E-state index in [2.05, 4.69) is 36.4 Å². The summed E-state index contributed by atoms with van der Waals surface area (Å²) in [5, 5.41) is 6.39. The second kappa shape index (κ2) is 5.89. The number of hydrogen-bond donors (Lipinski definition) is 3. The molecule has 0 aliphatic heterocycles. The third kappa shape index (κ3) is 6.81. The van der Waals surface area contributed by atoms with Gasteiger partial charge in [0.25, 0.3) is 0 Å². The molecule has 0 spiro atoms. The van der Waals surface area contributed by atoms with Crippen molar-refractivity contribution in [1.82, 2.24) is 10.6 Å². The van der Waals surface area contributed by atoms with E-state index in [-0.39, 0.29) is 11.4 Å². The van der Waals surface area contributed by atoms with Crippen LogP contribution in [-0.4, -0.2) is 30.5 Å². The molecule has 0 heterocycles. The molecule has 0 aliphatic carbocycles. The zero-order valence-corrected chi connectivity index (χ0v) is 11.8. The van der Waals surface area contributed by atoms with Gasteiger partial charge in [-0.15, -0.1) is 0 Å². The maximum atomic E-state index is 11.2. The number of nitrogens with zero attached hydrogens (tertiary/aromatic N) is 1. The Labute approximate surface area is 104 Å². The van der Waals surface area contributed by atoms with E-state index in [0.717, 1.165) is 6.54 Å². The predicted molar refractivity (Wildman–Crippen MR) is 71.8 cm³/mol. The molecule has 0 saturated carbocycles. The fourth-order valence-electron chi connectivity index (χ4n) is 1.02. The summed E-state index contributed by atoms with van der Waals surface area (Å²) in [7, 11) is 0. The number of hydrogen-bond acceptors (Lipinski definition) is 2. The molecule has 0 aromatic carbocycles. The molecule has 4 N–H and O–H groups in total. The number of amides is 1. The van der Waals surface area contributed by atoms with Gasteiger partial charge in [0, 0.05) is 12.1 Å². The first-order valence-corrected chi connectivity index (χ1v) is 5.95. The number of nitrogens with two attached hydrogens (primary N) is 1. The SMILES string of the molecule is CCNC(=NCC(C)(C)C(N)=O)NC(C)(C)C. The first-order valence-electron chi connectivity index (χ1n) is 5.95. The van der Waals surface area contributed by atoms with E-state index < -0.39 is 5.41 Å². The Hall–Kier alpha value is -1.26. The lowest BCUT2D eigenvalue weighted by molar-refractivity contribution is -0.125. The normalized spacial score (nSPS) is 13.4. The molecule has 0 aliphatic rings. The van der Waals surface area contributed by atoms with Crippen LogP contribution >= 0.6 is 0 Å². The summed E-state index contributed by atoms with van der Waals surface area (Å²) in [6, 6.07) is 0. The van der Waals surface area contributed by atoms with E-state index in [4.69, 9.17) is 5.73 Å². The molecule has 5 nitrogen and oxygen atoms in total. The standard InChI is InChI=1S/C12H26N4O/c1-7-14-10(16-11(2,3)4)15-8-12(5,6)9(13)17/h7-8H2,1-6H3,(H2,13,17)(H2,14,15,16). The smallest absolute Gasteiger partial charge is 0.224 e. The second-order valence-electron chi connectivity index (χ2n) is 5.82. The first-order chi connectivity index (χ1) is 7.58. The van der Waals surface area contributed by atoms with Crippen LogP contribution in [0.15, 0.2) is 4.99 Å². The average Bonchev–Trinajstić information content (AvgIpc) is 2.12. The van der Waals surface area contributed by atoms with Gasteiger partial charge >= 0.3 is 0 Å². The minimum atomic E-state index is -0.625. The maximum Gasteiger partial charge on any atom is 0.224 e. The lowest BCUT2D eigenvalue weighted by Gasteiger charge is -2.25. The van der Waals surface area contributed by atoms with Crippen molar-refractivity contribution in [3.8, 4) is 0 Å². The van der Waals surface area contributed by atoms with Crippen molar-refractivity contribution in [2.24, 2.45) is 16.1 Å². The molecule has 0 rings (SSSR count). The minimum Gasteiger partial charge on any atom is -0.369 e. The van der Waals surface area contributed by atoms with E-state index in [9.17, 15) is 4.79 Å². The van der Waals surface area contributed by atoms with Crippen LogP contribution in [0.3, 0.4) is 0 Å². The highest BCUT2D eigenvalue weighted by molar-refractivity contribution is 5.83. The summed E-state index contributed by atoms with van der Waals surface area (Å²) in [6.07, 6.45) is 0. The van der Waals surface area contributed by atoms with Gasteiger partial charge in [0.1, 0.15) is 0 Å². The van der Waals surface area contributed by atoms with Gasteiger partial charge in [-0.3, -0.25) is 9.79 Å². The third-order valence-electron chi connectivity index (χ3n) is 2.14. The molecule has 1 amide bonds. The molecule has 0 aromatic rings. The van der Waals surface area contributed by atoms with E-state index in [0.29, 0.717) is 12.5 Å². The summed E-state index contributed by atoms with van der Waals surface area (Å²) in [5.74, 6) is 0.363. The fourth-order valence-corrected chi connectivity index (χ4v) is 1.02. The first kappa shape index (κ1) is 15.7. The zero-order valence-electron chi connectivity index (χ0n) is 11.8. The Bertz CT molecular complexity index is 289. The van der Waals surface area contributed by atoms with Gasteiger partial charge in [-0.1, -0.05) is 0 Å². The Morgan fingerprint density at radius 1 is 1.24 bits per heavy atom. The van der Waals surface area contributed by atoms with Gasteiger partial charge < -0.3 is 16.4 Å². The highest BCUT2D eigenvalue weighted by Crippen LogP contribution is 2.14. The monoisotopic (exact) mass is 242 g/mol. The van der Waals surface area contributed by atoms with Crippen molar-refractivity contribution in [2.45, 2.75) is 47.1 Å². The van der Waals surface area contributed by atoms with Gasteiger partial charge in [0.2, 0.25) is 5.91 Å². The average molecular weight is 242 g/mol. The second-order valence-corrected chi connectivity index (χ2v) is 5.82. The van der Waals surface area contributed by atoms with Crippen LogP contribution in [0.1, 0.15) is 41.5 Å². The Morgan fingerprint density at radius 3 is 2.12 bits per heavy atom. The highest BCUT2D eigenvalue weighted by Gasteiger charge is 2.24. The number of nitrogens with one attached hydrogen (secondary N) is 2. The van der Waals surface area contributed by atoms with Crippen LogP contribution in [0, 0.1) is 5.41 Å². The summed E-state index contributed by atoms with van der Waals surface area (Å²) in [5.41, 5.74) is 4.61. The van der Waals surface area contributed by atoms with Gasteiger partial charge in [0.15, 0.2) is 5.96 Å². The van der Waals surface area contributed by atoms with Crippen LogP contribution in [0.5, 0.6) is 0 Å². The molecule has 100 valence electrons. The summed E-state index contributed by atoms with van der Waals surface area (Å²) in [6.45, 7) is 12.9. The van der Waals surface area contributed by atoms with Gasteiger partial charge in [0.05, 0.1) is 12.0 Å². The molecular formula is C12H26N4O. The predicted octanol–water partition coefficient (Wildman–Crippen LogP) is 0.852. The van der Waals surface area contributed by atoms with Crippen LogP contribution < -0.4 is 16.4 Å². The highest BCUT2D eigenvalue weighted by atomic mass is 16.1. The Morgan fingerprint density at radius 2 is 1.76 bits per heavy atom. The number of rotatable bonds is 4. The minimum absolute atomic E-state index is 0.0716. The molecule has 0 bridgehead atoms. The molecule has 0 unspecified atom stereocenters. The van der Waals surface area contributed by atoms with Crippen LogP contribution in [0.25, 0.3) is 0 Å². The van der Waals surface area contributed by atoms with Crippen molar-refractivity contribution in [3.05, 3.63) is 0 Å². The van der Waals surface area contributed by atoms with Crippen LogP contribution in [-0.2, 0) is 4.79 Å². The number of carbonyl (C=O) groups excluding carboxylic acids is 1. The van der Waals surface area contributed by atoms with E-state index in [1.165, 1.54) is 0 Å². The van der Waals surface area contributed by atoms with Crippen molar-refractivity contribution in [3.63, 3.8) is 0 Å². The molecule has 0 aromatic heterocycles. The van der Waals surface area contributed by atoms with Crippen molar-refractivity contribution < 1.29 is 4.79 Å². The topological polar surface area (TPSA) is 79.5 Å². The molecule has 0 radical (unpaired) electrons. The summed E-state index contributed by atoms with van der Waals surface area (Å²) in [4.78, 5) is 15.6. The molecular weight excluding hydrogens is 216 g/mol. The number of guanidine groups is 1. The van der Waals surface area contributed by atoms with E-state index in [1.807, 2.05) is 6.92 Å². The van der Waals surface area contributed by atoms with Crippen LogP contribution in [0.4, 0.5) is 0 Å². The Balaban J connectivity index is 4.66. The van der Waals surface area contributed by atoms with Crippen molar-refractivity contribution in [2.75, 3.05) is 13.1 Å². The van der Waals surface area contributed by atoms with Gasteiger partial charge in [-0.2, -0.15) is 0 Å². The quantitative estimate of drug-likeness (QED) is 0.505. The number of aliphatic imine (C=N–C) groups is 1. The van der Waals surface area contributed by atoms with Crippen LogP contribution in [0.2, 0.25) is 0 Å². The van der Waals surface area contributed by atoms with Crippen molar-refractivity contribution in [1.29, 1.82) is 0 Å². The maximum absolute atomic E-state index is 11.2. The lowest BCUT2D eigenvalue weighted by Crippen LogP contribution is -2.48. The largest absolute Gasteiger partial charge is 0.369 e. The van der Waals surface area contributed by atoms with Gasteiger partial charge in [-0.05, 0) is 41.5 Å². The van der Waals surface area contributed by atoms with Crippen molar-refractivity contribution >= 4 is 11.9 Å². The molecule has 17 heavy (non-hydrogen) atoms. The molecule has 0 atom stereocenters. The van der Waals surface area contributed by atoms with E-state index in [1.54, 1.807) is 13.8 Å². The summed E-state index contributed by atoms with van der Waals surface area (Å²) < 4.78 is 0. The lowest BCUT2D eigenvalue weighted by atomic mass is 9.93.